The van der Waals surface area contributed by atoms with Crippen LogP contribution in [-0.2, 0) is 4.79 Å². The Labute approximate surface area is 134 Å². The predicted molar refractivity (Wildman–Crippen MR) is 87.5 cm³/mol. The lowest BCUT2D eigenvalue weighted by Crippen LogP contribution is -2.56. The van der Waals surface area contributed by atoms with Crippen molar-refractivity contribution in [1.82, 2.24) is 9.80 Å². The van der Waals surface area contributed by atoms with Gasteiger partial charge in [0.05, 0.1) is 6.04 Å². The average molecular weight is 316 g/mol. The molecule has 0 aromatic carbocycles. The average Bonchev–Trinajstić information content (AvgIpc) is 3.08. The first kappa shape index (κ1) is 17.0. The van der Waals surface area contributed by atoms with Crippen LogP contribution in [-0.4, -0.2) is 54.0 Å². The van der Waals surface area contributed by atoms with Gasteiger partial charge in [0.15, 0.2) is 0 Å². The van der Waals surface area contributed by atoms with Gasteiger partial charge in [-0.25, -0.2) is 0 Å². The van der Waals surface area contributed by atoms with E-state index in [0.29, 0.717) is 0 Å². The highest BCUT2D eigenvalue weighted by molar-refractivity contribution is 5.85. The van der Waals surface area contributed by atoms with Gasteiger partial charge in [-0.15, -0.1) is 12.4 Å². The lowest BCUT2D eigenvalue weighted by Gasteiger charge is -2.41. The highest BCUT2D eigenvalue weighted by atomic mass is 35.5. The first-order valence-corrected chi connectivity index (χ1v) is 8.34. The summed E-state index contributed by atoms with van der Waals surface area (Å²) >= 11 is 0. The van der Waals surface area contributed by atoms with Crippen molar-refractivity contribution in [2.75, 3.05) is 26.2 Å². The van der Waals surface area contributed by atoms with Crippen molar-refractivity contribution >= 4 is 18.3 Å². The Morgan fingerprint density at radius 3 is 2.24 bits per heavy atom. The molecule has 2 aliphatic carbocycles. The third-order valence-corrected chi connectivity index (χ3v) is 5.80. The van der Waals surface area contributed by atoms with Gasteiger partial charge in [0.2, 0.25) is 5.91 Å². The lowest BCUT2D eigenvalue weighted by atomic mass is 9.93. The third kappa shape index (κ3) is 3.38. The summed E-state index contributed by atoms with van der Waals surface area (Å²) in [5.41, 5.74) is 5.99. The summed E-state index contributed by atoms with van der Waals surface area (Å²) in [6.45, 7) is 7.87. The van der Waals surface area contributed by atoms with E-state index in [0.717, 1.165) is 44.1 Å². The summed E-state index contributed by atoms with van der Waals surface area (Å²) in [4.78, 5) is 16.9. The Bertz CT molecular complexity index is 369. The molecule has 0 aromatic rings. The Morgan fingerprint density at radius 2 is 1.76 bits per heavy atom. The molecular formula is C16H30ClN3O. The van der Waals surface area contributed by atoms with Gasteiger partial charge in [-0.05, 0) is 37.0 Å². The summed E-state index contributed by atoms with van der Waals surface area (Å²) in [6, 6.07) is 0.480. The molecule has 1 aliphatic heterocycles. The summed E-state index contributed by atoms with van der Waals surface area (Å²) in [6.07, 6.45) is 5.77. The molecule has 2 saturated carbocycles. The number of hydrogen-bond donors (Lipinski definition) is 1. The van der Waals surface area contributed by atoms with Crippen LogP contribution in [0.4, 0.5) is 0 Å². The lowest BCUT2D eigenvalue weighted by molar-refractivity contribution is -0.135. The van der Waals surface area contributed by atoms with Crippen LogP contribution in [0.3, 0.4) is 0 Å². The maximum atomic E-state index is 12.3. The molecule has 0 radical (unpaired) electrons. The van der Waals surface area contributed by atoms with Gasteiger partial charge in [-0.1, -0.05) is 20.3 Å². The van der Waals surface area contributed by atoms with Crippen molar-refractivity contribution in [3.63, 3.8) is 0 Å². The zero-order valence-corrected chi connectivity index (χ0v) is 14.1. The standard InChI is InChI=1S/C16H29N3O.ClH/c1-11(2)15(17)16(20)19-7-5-18(6-8-19)14-10-12-3-4-13(14)9-12;/h11-15H,3-10,17H2,1-2H3;1H/t12?,13?,14?,15-;/m0./s1. The normalized spacial score (nSPS) is 34.1. The molecule has 3 fully saturated rings. The summed E-state index contributed by atoms with van der Waals surface area (Å²) < 4.78 is 0. The summed E-state index contributed by atoms with van der Waals surface area (Å²) in [5.74, 6) is 2.32. The van der Waals surface area contributed by atoms with E-state index in [4.69, 9.17) is 5.73 Å². The van der Waals surface area contributed by atoms with Gasteiger partial charge >= 0.3 is 0 Å². The molecule has 2 N–H and O–H groups in total. The molecular weight excluding hydrogens is 286 g/mol. The maximum absolute atomic E-state index is 12.3. The van der Waals surface area contributed by atoms with Crippen LogP contribution in [0.5, 0.6) is 0 Å². The highest BCUT2D eigenvalue weighted by Gasteiger charge is 2.43. The molecule has 3 rings (SSSR count). The monoisotopic (exact) mass is 315 g/mol. The minimum Gasteiger partial charge on any atom is -0.339 e. The van der Waals surface area contributed by atoms with Crippen molar-refractivity contribution in [2.24, 2.45) is 23.5 Å². The van der Waals surface area contributed by atoms with E-state index in [1.807, 2.05) is 18.7 Å². The van der Waals surface area contributed by atoms with Gasteiger partial charge in [0.1, 0.15) is 0 Å². The Hall–Kier alpha value is -0.320. The smallest absolute Gasteiger partial charge is 0.239 e. The molecule has 1 heterocycles. The fourth-order valence-electron chi connectivity index (χ4n) is 4.43. The van der Waals surface area contributed by atoms with E-state index < -0.39 is 0 Å². The predicted octanol–water partition coefficient (Wildman–Crippen LogP) is 1.72. The molecule has 4 nitrogen and oxygen atoms in total. The van der Waals surface area contributed by atoms with E-state index in [2.05, 4.69) is 4.90 Å². The first-order valence-electron chi connectivity index (χ1n) is 8.34. The number of piperazine rings is 1. The van der Waals surface area contributed by atoms with Crippen molar-refractivity contribution in [1.29, 1.82) is 0 Å². The number of halogens is 1. The van der Waals surface area contributed by atoms with Gasteiger partial charge in [-0.2, -0.15) is 0 Å². The van der Waals surface area contributed by atoms with Crippen LogP contribution in [0.25, 0.3) is 0 Å². The van der Waals surface area contributed by atoms with Gasteiger partial charge in [-0.3, -0.25) is 9.69 Å². The van der Waals surface area contributed by atoms with E-state index in [-0.39, 0.29) is 30.3 Å². The van der Waals surface area contributed by atoms with Crippen molar-refractivity contribution in [3.8, 4) is 0 Å². The quantitative estimate of drug-likeness (QED) is 0.863. The Balaban J connectivity index is 0.00000161. The van der Waals surface area contributed by atoms with Crippen LogP contribution in [0.2, 0.25) is 0 Å². The second-order valence-electron chi connectivity index (χ2n) is 7.37. The molecule has 3 aliphatic rings. The molecule has 4 atom stereocenters. The molecule has 122 valence electrons. The van der Waals surface area contributed by atoms with Gasteiger partial charge in [0, 0.05) is 32.2 Å². The molecule has 21 heavy (non-hydrogen) atoms. The topological polar surface area (TPSA) is 49.6 Å². The SMILES string of the molecule is CC(C)[C@H](N)C(=O)N1CCN(C2CC3CCC2C3)CC1.Cl. The Morgan fingerprint density at radius 1 is 1.10 bits per heavy atom. The highest BCUT2D eigenvalue weighted by Crippen LogP contribution is 2.46. The molecule has 1 saturated heterocycles. The van der Waals surface area contributed by atoms with E-state index in [1.54, 1.807) is 0 Å². The van der Waals surface area contributed by atoms with Crippen LogP contribution >= 0.6 is 12.4 Å². The third-order valence-electron chi connectivity index (χ3n) is 5.80. The molecule has 3 unspecified atom stereocenters. The second kappa shape index (κ2) is 6.84. The van der Waals surface area contributed by atoms with Crippen molar-refractivity contribution < 1.29 is 4.79 Å². The number of hydrogen-bond acceptors (Lipinski definition) is 3. The van der Waals surface area contributed by atoms with Crippen molar-refractivity contribution in [3.05, 3.63) is 0 Å². The molecule has 2 bridgehead atoms. The summed E-state index contributed by atoms with van der Waals surface area (Å²) in [7, 11) is 0. The fraction of sp³-hybridized carbons (Fsp3) is 0.938. The largest absolute Gasteiger partial charge is 0.339 e. The Kier molecular flexibility index (Phi) is 5.55. The number of nitrogens with two attached hydrogens (primary N) is 1. The number of carbonyl (C=O) groups excluding carboxylic acids is 1. The van der Waals surface area contributed by atoms with Gasteiger partial charge < -0.3 is 10.6 Å². The molecule has 0 aromatic heterocycles. The maximum Gasteiger partial charge on any atom is 0.239 e. The van der Waals surface area contributed by atoms with Crippen LogP contribution < -0.4 is 5.73 Å². The summed E-state index contributed by atoms with van der Waals surface area (Å²) in [5, 5.41) is 0. The molecule has 1 amide bonds. The number of amides is 1. The van der Waals surface area contributed by atoms with Crippen LogP contribution in [0.15, 0.2) is 0 Å². The van der Waals surface area contributed by atoms with Crippen molar-refractivity contribution in [2.45, 2.75) is 51.6 Å². The number of carbonyl (C=O) groups is 1. The minimum absolute atomic E-state index is 0. The van der Waals surface area contributed by atoms with Crippen LogP contribution in [0, 0.1) is 17.8 Å². The van der Waals surface area contributed by atoms with E-state index in [1.165, 1.54) is 25.7 Å². The zero-order chi connectivity index (χ0) is 14.3. The first-order chi connectivity index (χ1) is 9.56. The fourth-order valence-corrected chi connectivity index (χ4v) is 4.43. The zero-order valence-electron chi connectivity index (χ0n) is 13.3. The molecule has 0 spiro atoms. The minimum atomic E-state index is -0.330. The van der Waals surface area contributed by atoms with E-state index in [9.17, 15) is 4.79 Å². The van der Waals surface area contributed by atoms with E-state index >= 15 is 0 Å². The van der Waals surface area contributed by atoms with Crippen LogP contribution in [0.1, 0.15) is 39.5 Å². The second-order valence-corrected chi connectivity index (χ2v) is 7.37. The van der Waals surface area contributed by atoms with Gasteiger partial charge in [0.25, 0.3) is 0 Å². The number of nitrogens with zero attached hydrogens (tertiary/aromatic N) is 2. The number of fused-ring (bicyclic) bond motifs is 2. The number of rotatable bonds is 3. The molecule has 5 heteroatoms.